The fraction of sp³-hybridized carbons (Fsp3) is 0.136. The average Bonchev–Trinajstić information content (AvgIpc) is 3.14. The van der Waals surface area contributed by atoms with Crippen LogP contribution < -0.4 is 15.4 Å². The number of ether oxygens (including phenoxy) is 1. The number of nitrogens with zero attached hydrogens (tertiary/aromatic N) is 1. The number of amides is 2. The quantitative estimate of drug-likeness (QED) is 0.503. The molecule has 2 N–H and O–H groups in total. The molecular formula is C22H19N3O3S. The summed E-state index contributed by atoms with van der Waals surface area (Å²) < 4.78 is 6.13. The van der Waals surface area contributed by atoms with Crippen molar-refractivity contribution >= 4 is 49.3 Å². The number of methoxy groups -OCH3 is 1. The second kappa shape index (κ2) is 8.28. The number of fused-ring (bicyclic) bond motifs is 2. The number of hydrogen-bond acceptors (Lipinski definition) is 5. The molecule has 29 heavy (non-hydrogen) atoms. The van der Waals surface area contributed by atoms with Gasteiger partial charge in [-0.3, -0.25) is 9.59 Å². The van der Waals surface area contributed by atoms with Gasteiger partial charge in [0.1, 0.15) is 5.75 Å². The molecule has 0 fully saturated rings. The van der Waals surface area contributed by atoms with Crippen LogP contribution in [0.2, 0.25) is 0 Å². The van der Waals surface area contributed by atoms with Gasteiger partial charge in [-0.2, -0.15) is 0 Å². The number of anilines is 1. The fourth-order valence-electron chi connectivity index (χ4n) is 2.99. The molecule has 2 amide bonds. The van der Waals surface area contributed by atoms with Gasteiger partial charge in [-0.1, -0.05) is 41.7 Å². The number of hydrogen-bond donors (Lipinski definition) is 2. The van der Waals surface area contributed by atoms with Gasteiger partial charge >= 0.3 is 0 Å². The number of aromatic nitrogens is 1. The Bertz CT molecular complexity index is 1200. The average molecular weight is 405 g/mol. The van der Waals surface area contributed by atoms with Gasteiger partial charge in [0.2, 0.25) is 5.91 Å². The van der Waals surface area contributed by atoms with Crippen LogP contribution in [0.4, 0.5) is 5.13 Å². The maximum absolute atomic E-state index is 12.3. The molecule has 0 aliphatic heterocycles. The Morgan fingerprint density at radius 3 is 2.69 bits per heavy atom. The van der Waals surface area contributed by atoms with E-state index in [-0.39, 0.29) is 24.8 Å². The predicted octanol–water partition coefficient (Wildman–Crippen LogP) is 4.22. The molecule has 0 radical (unpaired) electrons. The van der Waals surface area contributed by atoms with E-state index in [1.165, 1.54) is 11.3 Å². The molecule has 0 saturated heterocycles. The van der Waals surface area contributed by atoms with E-state index in [0.717, 1.165) is 26.7 Å². The Morgan fingerprint density at radius 2 is 1.86 bits per heavy atom. The van der Waals surface area contributed by atoms with Gasteiger partial charge in [-0.05, 0) is 41.1 Å². The Kier molecular flexibility index (Phi) is 5.39. The minimum absolute atomic E-state index is 0.165. The van der Waals surface area contributed by atoms with E-state index in [9.17, 15) is 9.59 Å². The highest BCUT2D eigenvalue weighted by Crippen LogP contribution is 2.29. The number of thiazole rings is 1. The van der Waals surface area contributed by atoms with Crippen molar-refractivity contribution in [3.8, 4) is 5.75 Å². The summed E-state index contributed by atoms with van der Waals surface area (Å²) in [6.45, 7) is 0.246. The minimum atomic E-state index is -0.199. The zero-order chi connectivity index (χ0) is 20.2. The van der Waals surface area contributed by atoms with Crippen molar-refractivity contribution in [1.29, 1.82) is 0 Å². The maximum Gasteiger partial charge on any atom is 0.251 e. The monoisotopic (exact) mass is 405 g/mol. The van der Waals surface area contributed by atoms with Gasteiger partial charge in [0.25, 0.3) is 5.91 Å². The van der Waals surface area contributed by atoms with E-state index < -0.39 is 0 Å². The molecule has 0 bridgehead atoms. The van der Waals surface area contributed by atoms with Crippen LogP contribution in [0.1, 0.15) is 16.8 Å². The van der Waals surface area contributed by atoms with Gasteiger partial charge in [-0.25, -0.2) is 4.98 Å². The van der Waals surface area contributed by atoms with Crippen LogP contribution in [0.25, 0.3) is 21.0 Å². The van der Waals surface area contributed by atoms with E-state index in [0.29, 0.717) is 10.7 Å². The van der Waals surface area contributed by atoms with Crippen LogP contribution in [0, 0.1) is 0 Å². The van der Waals surface area contributed by atoms with Crippen LogP contribution >= 0.6 is 11.3 Å². The second-order valence-corrected chi connectivity index (χ2v) is 7.50. The lowest BCUT2D eigenvalue weighted by Gasteiger charge is -2.06. The molecule has 6 nitrogen and oxygen atoms in total. The zero-order valence-corrected chi connectivity index (χ0v) is 16.6. The van der Waals surface area contributed by atoms with Gasteiger partial charge in [-0.15, -0.1) is 0 Å². The van der Waals surface area contributed by atoms with Crippen LogP contribution in [0.5, 0.6) is 5.75 Å². The van der Waals surface area contributed by atoms with E-state index in [2.05, 4.69) is 15.6 Å². The van der Waals surface area contributed by atoms with Crippen molar-refractivity contribution in [3.05, 3.63) is 66.2 Å². The van der Waals surface area contributed by atoms with Crippen LogP contribution in [-0.4, -0.2) is 30.5 Å². The molecule has 1 aromatic heterocycles. The van der Waals surface area contributed by atoms with E-state index in [1.807, 2.05) is 54.6 Å². The summed E-state index contributed by atoms with van der Waals surface area (Å²) in [7, 11) is 1.61. The van der Waals surface area contributed by atoms with Crippen molar-refractivity contribution in [2.75, 3.05) is 19.0 Å². The Hall–Kier alpha value is -3.45. The lowest BCUT2D eigenvalue weighted by molar-refractivity contribution is -0.116. The van der Waals surface area contributed by atoms with Crippen molar-refractivity contribution < 1.29 is 14.3 Å². The molecule has 0 unspecified atom stereocenters. The fourth-order valence-corrected chi connectivity index (χ4v) is 3.90. The van der Waals surface area contributed by atoms with Crippen LogP contribution in [0.3, 0.4) is 0 Å². The molecule has 0 aliphatic carbocycles. The Morgan fingerprint density at radius 1 is 1.03 bits per heavy atom. The molecule has 1 heterocycles. The summed E-state index contributed by atoms with van der Waals surface area (Å²) in [4.78, 5) is 28.9. The summed E-state index contributed by atoms with van der Waals surface area (Å²) in [5, 5.41) is 8.18. The molecule has 3 aromatic carbocycles. The number of benzene rings is 3. The van der Waals surface area contributed by atoms with Crippen LogP contribution in [0.15, 0.2) is 60.7 Å². The minimum Gasteiger partial charge on any atom is -0.497 e. The molecule has 0 saturated carbocycles. The topological polar surface area (TPSA) is 80.3 Å². The van der Waals surface area contributed by atoms with Crippen LogP contribution in [-0.2, 0) is 4.79 Å². The third-order valence-electron chi connectivity index (χ3n) is 4.49. The number of carbonyl (C=O) groups excluding carboxylic acids is 2. The second-order valence-electron chi connectivity index (χ2n) is 6.47. The molecule has 0 atom stereocenters. The van der Waals surface area contributed by atoms with Crippen molar-refractivity contribution in [2.24, 2.45) is 0 Å². The van der Waals surface area contributed by atoms with Gasteiger partial charge in [0, 0.05) is 18.5 Å². The largest absolute Gasteiger partial charge is 0.497 e. The molecule has 146 valence electrons. The van der Waals surface area contributed by atoms with E-state index >= 15 is 0 Å². The lowest BCUT2D eigenvalue weighted by Crippen LogP contribution is -2.27. The van der Waals surface area contributed by atoms with Crippen molar-refractivity contribution in [2.45, 2.75) is 6.42 Å². The third kappa shape index (κ3) is 4.35. The summed E-state index contributed by atoms with van der Waals surface area (Å²) >= 11 is 1.38. The number of rotatable bonds is 6. The first-order valence-corrected chi connectivity index (χ1v) is 9.95. The first-order chi connectivity index (χ1) is 14.1. The number of nitrogens with one attached hydrogen (secondary N) is 2. The highest BCUT2D eigenvalue weighted by molar-refractivity contribution is 7.22. The summed E-state index contributed by atoms with van der Waals surface area (Å²) in [6, 6.07) is 19.0. The normalized spacial score (nSPS) is 10.8. The SMILES string of the molecule is COc1ccc2nc(NC(=O)CCNC(=O)c3ccc4ccccc4c3)sc2c1. The summed E-state index contributed by atoms with van der Waals surface area (Å²) in [5.41, 5.74) is 1.37. The molecule has 7 heteroatoms. The highest BCUT2D eigenvalue weighted by atomic mass is 32.1. The smallest absolute Gasteiger partial charge is 0.251 e. The molecular weight excluding hydrogens is 386 g/mol. The predicted molar refractivity (Wildman–Crippen MR) is 116 cm³/mol. The highest BCUT2D eigenvalue weighted by Gasteiger charge is 2.10. The van der Waals surface area contributed by atoms with E-state index in [4.69, 9.17) is 4.74 Å². The van der Waals surface area contributed by atoms with Crippen molar-refractivity contribution in [1.82, 2.24) is 10.3 Å². The Labute approximate surface area is 171 Å². The first kappa shape index (κ1) is 18.9. The van der Waals surface area contributed by atoms with E-state index in [1.54, 1.807) is 13.2 Å². The van der Waals surface area contributed by atoms with Gasteiger partial charge in [0.05, 0.1) is 17.3 Å². The van der Waals surface area contributed by atoms with Gasteiger partial charge in [0.15, 0.2) is 5.13 Å². The Balaban J connectivity index is 1.31. The molecule has 0 spiro atoms. The molecule has 4 rings (SSSR count). The summed E-state index contributed by atoms with van der Waals surface area (Å²) in [6.07, 6.45) is 0.165. The lowest BCUT2D eigenvalue weighted by atomic mass is 10.1. The van der Waals surface area contributed by atoms with Gasteiger partial charge < -0.3 is 15.4 Å². The third-order valence-corrected chi connectivity index (χ3v) is 5.42. The molecule has 0 aliphatic rings. The van der Waals surface area contributed by atoms with Crippen molar-refractivity contribution in [3.63, 3.8) is 0 Å². The number of carbonyl (C=O) groups is 2. The summed E-state index contributed by atoms with van der Waals surface area (Å²) in [5.74, 6) is 0.348. The standard InChI is InChI=1S/C22H19N3O3S/c1-28-17-8-9-18-19(13-17)29-22(24-18)25-20(26)10-11-23-21(27)16-7-6-14-4-2-3-5-15(14)12-16/h2-9,12-13H,10-11H2,1H3,(H,23,27)(H,24,25,26). The maximum atomic E-state index is 12.3. The first-order valence-electron chi connectivity index (χ1n) is 9.14. The molecule has 4 aromatic rings. The zero-order valence-electron chi connectivity index (χ0n) is 15.8.